The number of hydrogen-bond donors (Lipinski definition) is 1. The maximum atomic E-state index is 12.8. The van der Waals surface area contributed by atoms with E-state index in [-0.39, 0.29) is 11.5 Å². The van der Waals surface area contributed by atoms with Gasteiger partial charge in [-0.25, -0.2) is 4.68 Å². The lowest BCUT2D eigenvalue weighted by Gasteiger charge is -2.33. The Hall–Kier alpha value is -3.74. The smallest absolute Gasteiger partial charge is 0.269 e. The van der Waals surface area contributed by atoms with Crippen LogP contribution in [0, 0.1) is 10.1 Å². The molecule has 0 fully saturated rings. The summed E-state index contributed by atoms with van der Waals surface area (Å²) in [5.74, 6) is 0.921. The highest BCUT2D eigenvalue weighted by molar-refractivity contribution is 5.99. The van der Waals surface area contributed by atoms with Crippen LogP contribution in [0.4, 0.5) is 11.5 Å². The third kappa shape index (κ3) is 2.91. The molecule has 1 atom stereocenters. The molecule has 1 N–H and O–H groups in total. The minimum atomic E-state index is -0.421. The van der Waals surface area contributed by atoms with Crippen molar-refractivity contribution in [2.24, 2.45) is 0 Å². The van der Waals surface area contributed by atoms with E-state index in [1.165, 1.54) is 12.1 Å². The number of Topliss-reactive ketones (excluding diaryl/α,β-unsaturated/α-hetero) is 1. The van der Waals surface area contributed by atoms with Crippen molar-refractivity contribution < 1.29 is 9.72 Å². The first-order valence-electron chi connectivity index (χ1n) is 9.54. The van der Waals surface area contributed by atoms with Gasteiger partial charge in [0, 0.05) is 41.5 Å². The number of fused-ring (bicyclic) bond motifs is 1. The van der Waals surface area contributed by atoms with Gasteiger partial charge in [0.25, 0.3) is 5.69 Å². The quantitative estimate of drug-likeness (QED) is 0.529. The molecule has 1 aromatic heterocycles. The maximum Gasteiger partial charge on any atom is 0.269 e. The summed E-state index contributed by atoms with van der Waals surface area (Å²) in [5.41, 5.74) is 4.27. The van der Waals surface area contributed by atoms with Gasteiger partial charge >= 0.3 is 0 Å². The molecule has 2 aliphatic rings. The van der Waals surface area contributed by atoms with Gasteiger partial charge in [0.2, 0.25) is 0 Å². The van der Waals surface area contributed by atoms with Crippen molar-refractivity contribution in [3.63, 3.8) is 0 Å². The number of nitro groups is 1. The van der Waals surface area contributed by atoms with Gasteiger partial charge in [-0.05, 0) is 30.5 Å². The van der Waals surface area contributed by atoms with Crippen LogP contribution in [0.1, 0.15) is 30.9 Å². The Morgan fingerprint density at radius 2 is 1.83 bits per heavy atom. The number of benzene rings is 2. The number of non-ortho nitro benzene ring substituents is 1. The molecule has 1 aliphatic carbocycles. The van der Waals surface area contributed by atoms with E-state index in [1.807, 2.05) is 41.1 Å². The zero-order valence-corrected chi connectivity index (χ0v) is 15.5. The van der Waals surface area contributed by atoms with Crippen molar-refractivity contribution in [1.29, 1.82) is 0 Å². The van der Waals surface area contributed by atoms with Gasteiger partial charge in [-0.15, -0.1) is 0 Å². The van der Waals surface area contributed by atoms with Gasteiger partial charge in [0.05, 0.1) is 10.6 Å². The Kier molecular flexibility index (Phi) is 4.01. The van der Waals surface area contributed by atoms with Gasteiger partial charge in [-0.3, -0.25) is 14.9 Å². The van der Waals surface area contributed by atoms with E-state index in [2.05, 4.69) is 5.32 Å². The number of rotatable bonds is 3. The third-order valence-corrected chi connectivity index (χ3v) is 5.48. The Balaban J connectivity index is 1.66. The number of nitro benzene ring substituents is 1. The molecular weight excluding hydrogens is 368 g/mol. The van der Waals surface area contributed by atoms with Crippen molar-refractivity contribution in [2.45, 2.75) is 25.3 Å². The first kappa shape index (κ1) is 17.4. The van der Waals surface area contributed by atoms with Crippen molar-refractivity contribution in [3.8, 4) is 11.3 Å². The minimum Gasteiger partial charge on any atom is -0.343 e. The number of hydrogen-bond acceptors (Lipinski definition) is 5. The second kappa shape index (κ2) is 6.70. The van der Waals surface area contributed by atoms with E-state index in [1.54, 1.807) is 12.1 Å². The molecule has 0 bridgehead atoms. The van der Waals surface area contributed by atoms with Crippen molar-refractivity contribution in [3.05, 3.63) is 87.6 Å². The summed E-state index contributed by atoms with van der Waals surface area (Å²) in [5, 5.41) is 19.2. The van der Waals surface area contributed by atoms with Gasteiger partial charge in [-0.2, -0.15) is 5.10 Å². The van der Waals surface area contributed by atoms with Gasteiger partial charge in [0.1, 0.15) is 11.9 Å². The molecule has 1 aliphatic heterocycles. The third-order valence-electron chi connectivity index (χ3n) is 5.48. The largest absolute Gasteiger partial charge is 0.343 e. The molecule has 1 unspecified atom stereocenters. The number of anilines is 1. The lowest BCUT2D eigenvalue weighted by Crippen LogP contribution is -2.31. The fraction of sp³-hybridized carbons (Fsp3) is 0.182. The number of nitrogens with zero attached hydrogens (tertiary/aromatic N) is 3. The Morgan fingerprint density at radius 1 is 1.07 bits per heavy atom. The monoisotopic (exact) mass is 386 g/mol. The summed E-state index contributed by atoms with van der Waals surface area (Å²) in [4.78, 5) is 23.4. The van der Waals surface area contributed by atoms with E-state index in [0.717, 1.165) is 41.2 Å². The minimum absolute atomic E-state index is 0.0255. The van der Waals surface area contributed by atoms with E-state index in [4.69, 9.17) is 5.10 Å². The number of ketones is 1. The number of carbonyl (C=O) groups excluding carboxylic acids is 1. The predicted octanol–water partition coefficient (Wildman–Crippen LogP) is 4.48. The predicted molar refractivity (Wildman–Crippen MR) is 108 cm³/mol. The lowest BCUT2D eigenvalue weighted by molar-refractivity contribution is -0.384. The number of nitrogens with one attached hydrogen (secondary N) is 1. The number of aromatic nitrogens is 2. The van der Waals surface area contributed by atoms with Crippen molar-refractivity contribution in [1.82, 2.24) is 9.78 Å². The molecule has 0 amide bonds. The van der Waals surface area contributed by atoms with Gasteiger partial charge in [0.15, 0.2) is 5.78 Å². The molecule has 0 radical (unpaired) electrons. The number of allylic oxidation sites excluding steroid dienone is 2. The van der Waals surface area contributed by atoms with E-state index < -0.39 is 11.0 Å². The number of carbonyl (C=O) groups is 1. The molecule has 3 aromatic rings. The van der Waals surface area contributed by atoms with Crippen LogP contribution in [0.25, 0.3) is 11.3 Å². The standard InChI is InChI=1S/C22H18N4O3/c27-19-8-4-7-17-21(19)22(15-9-11-16(12-10-15)26(28)29)25-20(23-17)13-18(24-25)14-5-2-1-3-6-14/h1-3,5-6,9-13,22-23H,4,7-8H2. The molecule has 7 nitrogen and oxygen atoms in total. The van der Waals surface area contributed by atoms with E-state index in [0.29, 0.717) is 12.0 Å². The SMILES string of the molecule is O=C1CCCC2=C1C(c1ccc([N+](=O)[O-])cc1)n1nc(-c3ccccc3)cc1N2. The fourth-order valence-electron chi connectivity index (χ4n) is 4.11. The molecule has 5 rings (SSSR count). The fourth-order valence-corrected chi connectivity index (χ4v) is 4.11. The van der Waals surface area contributed by atoms with Crippen LogP contribution in [0.2, 0.25) is 0 Å². The molecule has 2 heterocycles. The second-order valence-electron chi connectivity index (χ2n) is 7.27. The second-order valence-corrected chi connectivity index (χ2v) is 7.27. The van der Waals surface area contributed by atoms with Crippen LogP contribution < -0.4 is 5.32 Å². The van der Waals surface area contributed by atoms with Crippen LogP contribution in [0.5, 0.6) is 0 Å². The average molecular weight is 386 g/mol. The molecule has 0 saturated carbocycles. The molecule has 144 valence electrons. The summed E-state index contributed by atoms with van der Waals surface area (Å²) in [6.07, 6.45) is 2.12. The van der Waals surface area contributed by atoms with Crippen LogP contribution in [0.3, 0.4) is 0 Å². The Bertz CT molecular complexity index is 1150. The van der Waals surface area contributed by atoms with Crippen molar-refractivity contribution >= 4 is 17.3 Å². The molecule has 2 aromatic carbocycles. The van der Waals surface area contributed by atoms with Crippen LogP contribution in [-0.4, -0.2) is 20.5 Å². The molecule has 29 heavy (non-hydrogen) atoms. The van der Waals surface area contributed by atoms with E-state index in [9.17, 15) is 14.9 Å². The first-order valence-corrected chi connectivity index (χ1v) is 9.54. The normalized spacial score (nSPS) is 18.1. The van der Waals surface area contributed by atoms with Gasteiger partial charge in [-0.1, -0.05) is 30.3 Å². The van der Waals surface area contributed by atoms with Crippen LogP contribution in [0.15, 0.2) is 71.9 Å². The maximum absolute atomic E-state index is 12.8. The highest BCUT2D eigenvalue weighted by Gasteiger charge is 2.36. The first-order chi connectivity index (χ1) is 14.1. The zero-order valence-electron chi connectivity index (χ0n) is 15.5. The zero-order chi connectivity index (χ0) is 20.0. The Labute approximate surface area is 166 Å². The summed E-state index contributed by atoms with van der Waals surface area (Å²) >= 11 is 0. The summed E-state index contributed by atoms with van der Waals surface area (Å²) in [6, 6.07) is 17.8. The molecular formula is C22H18N4O3. The van der Waals surface area contributed by atoms with Gasteiger partial charge < -0.3 is 5.32 Å². The highest BCUT2D eigenvalue weighted by Crippen LogP contribution is 2.42. The van der Waals surface area contributed by atoms with E-state index >= 15 is 0 Å². The lowest BCUT2D eigenvalue weighted by atomic mass is 9.85. The topological polar surface area (TPSA) is 90.1 Å². The van der Waals surface area contributed by atoms with Crippen LogP contribution >= 0.6 is 0 Å². The summed E-state index contributed by atoms with van der Waals surface area (Å²) in [7, 11) is 0. The van der Waals surface area contributed by atoms with Crippen LogP contribution in [-0.2, 0) is 4.79 Å². The van der Waals surface area contributed by atoms with Crippen molar-refractivity contribution in [2.75, 3.05) is 5.32 Å². The molecule has 0 saturated heterocycles. The Morgan fingerprint density at radius 3 is 2.55 bits per heavy atom. The molecule has 0 spiro atoms. The summed E-state index contributed by atoms with van der Waals surface area (Å²) in [6.45, 7) is 0. The molecule has 7 heteroatoms. The highest BCUT2D eigenvalue weighted by atomic mass is 16.6. The summed E-state index contributed by atoms with van der Waals surface area (Å²) < 4.78 is 1.82. The average Bonchev–Trinajstić information content (AvgIpc) is 3.17.